The molecule has 1 aromatic rings. The Labute approximate surface area is 81.2 Å². The minimum absolute atomic E-state index is 0.395. The van der Waals surface area contributed by atoms with Crippen LogP contribution in [0, 0.1) is 6.92 Å². The summed E-state index contributed by atoms with van der Waals surface area (Å²) in [4.78, 5) is 11.8. The van der Waals surface area contributed by atoms with Gasteiger partial charge in [0, 0.05) is 11.3 Å². The molecule has 1 unspecified atom stereocenters. The van der Waals surface area contributed by atoms with Crippen LogP contribution in [0.4, 0.5) is 0 Å². The average molecular weight is 199 g/mol. The van der Waals surface area contributed by atoms with Gasteiger partial charge in [0.1, 0.15) is 5.54 Å². The van der Waals surface area contributed by atoms with E-state index in [1.54, 1.807) is 11.3 Å². The van der Waals surface area contributed by atoms with Gasteiger partial charge in [-0.3, -0.25) is 4.79 Å². The van der Waals surface area contributed by atoms with Gasteiger partial charge in [-0.15, -0.1) is 11.3 Å². The zero-order valence-corrected chi connectivity index (χ0v) is 8.52. The Hall–Kier alpha value is -0.870. The Balaban J connectivity index is 2.80. The number of rotatable bonds is 3. The summed E-state index contributed by atoms with van der Waals surface area (Å²) in [5.41, 5.74) is 5.58. The van der Waals surface area contributed by atoms with Crippen LogP contribution in [0.2, 0.25) is 0 Å². The number of aliphatic carboxylic acids is 1. The molecule has 0 amide bonds. The first-order chi connectivity index (χ1) is 5.93. The third-order valence-electron chi connectivity index (χ3n) is 1.98. The van der Waals surface area contributed by atoms with Gasteiger partial charge < -0.3 is 10.8 Å². The van der Waals surface area contributed by atoms with Gasteiger partial charge in [0.05, 0.1) is 0 Å². The van der Waals surface area contributed by atoms with Crippen LogP contribution in [0.25, 0.3) is 0 Å². The summed E-state index contributed by atoms with van der Waals surface area (Å²) >= 11 is 1.55. The second-order valence-corrected chi connectivity index (χ2v) is 4.43. The Morgan fingerprint density at radius 2 is 2.38 bits per heavy atom. The van der Waals surface area contributed by atoms with E-state index in [-0.39, 0.29) is 0 Å². The second kappa shape index (κ2) is 3.47. The average Bonchev–Trinajstić information content (AvgIpc) is 2.35. The molecule has 0 spiro atoms. The van der Waals surface area contributed by atoms with Gasteiger partial charge in [-0.1, -0.05) is 0 Å². The Kier molecular flexibility index (Phi) is 2.73. The lowest BCUT2D eigenvalue weighted by Gasteiger charge is -2.18. The van der Waals surface area contributed by atoms with Gasteiger partial charge in [0.2, 0.25) is 0 Å². The third-order valence-corrected chi connectivity index (χ3v) is 3.01. The summed E-state index contributed by atoms with van der Waals surface area (Å²) in [6.45, 7) is 3.50. The van der Waals surface area contributed by atoms with Crippen molar-refractivity contribution in [2.45, 2.75) is 25.8 Å². The molecular weight excluding hydrogens is 186 g/mol. The van der Waals surface area contributed by atoms with E-state index in [1.807, 2.05) is 18.4 Å². The molecule has 3 nitrogen and oxygen atoms in total. The normalized spacial score (nSPS) is 15.3. The zero-order chi connectivity index (χ0) is 10.1. The molecule has 0 aromatic carbocycles. The molecule has 0 aliphatic heterocycles. The predicted molar refractivity (Wildman–Crippen MR) is 53.0 cm³/mol. The van der Waals surface area contributed by atoms with Gasteiger partial charge >= 0.3 is 5.97 Å². The highest BCUT2D eigenvalue weighted by Gasteiger charge is 2.28. The lowest BCUT2D eigenvalue weighted by atomic mass is 9.97. The van der Waals surface area contributed by atoms with Gasteiger partial charge in [0.25, 0.3) is 0 Å². The topological polar surface area (TPSA) is 63.3 Å². The van der Waals surface area contributed by atoms with E-state index in [0.29, 0.717) is 6.42 Å². The molecule has 0 saturated heterocycles. The van der Waals surface area contributed by atoms with Crippen LogP contribution in [-0.2, 0) is 11.2 Å². The number of thiophene rings is 1. The first-order valence-corrected chi connectivity index (χ1v) is 4.87. The van der Waals surface area contributed by atoms with Gasteiger partial charge in [-0.2, -0.15) is 0 Å². The van der Waals surface area contributed by atoms with Gasteiger partial charge in [0.15, 0.2) is 0 Å². The zero-order valence-electron chi connectivity index (χ0n) is 7.70. The number of hydrogen-bond donors (Lipinski definition) is 2. The van der Waals surface area contributed by atoms with E-state index in [4.69, 9.17) is 10.8 Å². The quantitative estimate of drug-likeness (QED) is 0.773. The molecular formula is C9H13NO2S. The molecule has 1 aromatic heterocycles. The third kappa shape index (κ3) is 2.29. The number of carboxylic acid groups (broad SMARTS) is 1. The van der Waals surface area contributed by atoms with Crippen molar-refractivity contribution in [2.75, 3.05) is 0 Å². The van der Waals surface area contributed by atoms with Gasteiger partial charge in [-0.25, -0.2) is 0 Å². The lowest BCUT2D eigenvalue weighted by molar-refractivity contribution is -0.142. The fourth-order valence-electron chi connectivity index (χ4n) is 0.994. The summed E-state index contributed by atoms with van der Waals surface area (Å²) in [6, 6.07) is 1.97. The monoisotopic (exact) mass is 199 g/mol. The molecule has 1 heterocycles. The molecule has 0 aliphatic carbocycles. The molecule has 3 N–H and O–H groups in total. The summed E-state index contributed by atoms with van der Waals surface area (Å²) in [6.07, 6.45) is 0.395. The number of carboxylic acids is 1. The van der Waals surface area contributed by atoms with E-state index in [9.17, 15) is 4.79 Å². The van der Waals surface area contributed by atoms with Crippen molar-refractivity contribution in [3.8, 4) is 0 Å². The van der Waals surface area contributed by atoms with Crippen molar-refractivity contribution < 1.29 is 9.90 Å². The number of hydrogen-bond acceptors (Lipinski definition) is 3. The van der Waals surface area contributed by atoms with Crippen molar-refractivity contribution >= 4 is 17.3 Å². The van der Waals surface area contributed by atoms with Crippen LogP contribution in [0.3, 0.4) is 0 Å². The number of aryl methyl sites for hydroxylation is 1. The summed E-state index contributed by atoms with van der Waals surface area (Å²) in [7, 11) is 0. The van der Waals surface area contributed by atoms with Crippen LogP contribution in [-0.4, -0.2) is 16.6 Å². The fraction of sp³-hybridized carbons (Fsp3) is 0.444. The predicted octanol–water partition coefficient (Wildman–Crippen LogP) is 1.40. The fourth-order valence-corrected chi connectivity index (χ4v) is 2.07. The summed E-state index contributed by atoms with van der Waals surface area (Å²) in [5, 5.41) is 10.8. The molecule has 0 saturated carbocycles. The van der Waals surface area contributed by atoms with Crippen molar-refractivity contribution in [1.29, 1.82) is 0 Å². The lowest BCUT2D eigenvalue weighted by Crippen LogP contribution is -2.46. The molecule has 0 aliphatic rings. The van der Waals surface area contributed by atoms with E-state index in [0.717, 1.165) is 10.4 Å². The molecule has 0 bridgehead atoms. The molecule has 4 heteroatoms. The Morgan fingerprint density at radius 1 is 1.77 bits per heavy atom. The number of carbonyl (C=O) groups is 1. The molecule has 0 fully saturated rings. The highest BCUT2D eigenvalue weighted by Crippen LogP contribution is 2.20. The van der Waals surface area contributed by atoms with Crippen LogP contribution in [0.15, 0.2) is 11.4 Å². The van der Waals surface area contributed by atoms with Crippen molar-refractivity contribution in [3.05, 3.63) is 21.9 Å². The maximum absolute atomic E-state index is 10.7. The van der Waals surface area contributed by atoms with Crippen LogP contribution >= 0.6 is 11.3 Å². The maximum Gasteiger partial charge on any atom is 0.323 e. The van der Waals surface area contributed by atoms with E-state index < -0.39 is 11.5 Å². The van der Waals surface area contributed by atoms with E-state index >= 15 is 0 Å². The summed E-state index contributed by atoms with van der Waals surface area (Å²) < 4.78 is 0. The van der Waals surface area contributed by atoms with E-state index in [1.165, 1.54) is 6.92 Å². The second-order valence-electron chi connectivity index (χ2n) is 3.43. The van der Waals surface area contributed by atoms with Crippen LogP contribution < -0.4 is 5.73 Å². The van der Waals surface area contributed by atoms with Gasteiger partial charge in [-0.05, 0) is 30.9 Å². The van der Waals surface area contributed by atoms with Crippen molar-refractivity contribution in [1.82, 2.24) is 0 Å². The first kappa shape index (κ1) is 10.2. The van der Waals surface area contributed by atoms with Crippen molar-refractivity contribution in [2.24, 2.45) is 5.73 Å². The smallest absolute Gasteiger partial charge is 0.323 e. The molecule has 0 radical (unpaired) electrons. The van der Waals surface area contributed by atoms with E-state index in [2.05, 4.69) is 0 Å². The van der Waals surface area contributed by atoms with Crippen LogP contribution in [0.1, 0.15) is 17.4 Å². The SMILES string of the molecule is Cc1ccsc1CC(C)(N)C(=O)O. The summed E-state index contributed by atoms with van der Waals surface area (Å²) in [5.74, 6) is -0.958. The van der Waals surface area contributed by atoms with Crippen LogP contribution in [0.5, 0.6) is 0 Å². The standard InChI is InChI=1S/C9H13NO2S/c1-6-3-4-13-7(6)5-9(2,10)8(11)12/h3-4H,5,10H2,1-2H3,(H,11,12). The Bertz CT molecular complexity index is 317. The molecule has 1 atom stereocenters. The van der Waals surface area contributed by atoms with Crippen molar-refractivity contribution in [3.63, 3.8) is 0 Å². The minimum atomic E-state index is -1.16. The highest BCUT2D eigenvalue weighted by molar-refractivity contribution is 7.10. The molecule has 13 heavy (non-hydrogen) atoms. The Morgan fingerprint density at radius 3 is 2.77 bits per heavy atom. The highest BCUT2D eigenvalue weighted by atomic mass is 32.1. The minimum Gasteiger partial charge on any atom is -0.480 e. The molecule has 72 valence electrons. The maximum atomic E-state index is 10.7. The number of nitrogens with two attached hydrogens (primary N) is 1. The molecule has 1 rings (SSSR count). The first-order valence-electron chi connectivity index (χ1n) is 3.99. The largest absolute Gasteiger partial charge is 0.480 e.